The number of aromatic nitrogens is 4. The van der Waals surface area contributed by atoms with Crippen LogP contribution in [0.2, 0.25) is 0 Å². The number of hydrogen-bond donors (Lipinski definition) is 1. The number of carbonyl (C=O) groups excluding carboxylic acids is 1. The number of rotatable bonds is 7. The van der Waals surface area contributed by atoms with Gasteiger partial charge in [-0.2, -0.15) is 5.10 Å². The molecule has 0 saturated heterocycles. The third-order valence-electron chi connectivity index (χ3n) is 3.86. The highest BCUT2D eigenvalue weighted by Gasteiger charge is 2.12. The predicted octanol–water partition coefficient (Wildman–Crippen LogP) is 1.46. The smallest absolute Gasteiger partial charge is 0.264 e. The van der Waals surface area contributed by atoms with Gasteiger partial charge >= 0.3 is 0 Å². The number of aryl methyl sites for hydroxylation is 1. The van der Waals surface area contributed by atoms with Gasteiger partial charge in [0.05, 0.1) is 6.20 Å². The topological polar surface area (TPSA) is 81.8 Å². The maximum Gasteiger partial charge on any atom is 0.264 e. The molecule has 1 N–H and O–H groups in total. The van der Waals surface area contributed by atoms with E-state index in [1.54, 1.807) is 7.05 Å². The largest absolute Gasteiger partial charge is 0.352 e. The van der Waals surface area contributed by atoms with Crippen molar-refractivity contribution < 1.29 is 4.79 Å². The van der Waals surface area contributed by atoms with Crippen LogP contribution in [0.15, 0.2) is 17.3 Å². The molecule has 126 valence electrons. The minimum atomic E-state index is -0.245. The van der Waals surface area contributed by atoms with Gasteiger partial charge in [-0.15, -0.1) is 0 Å². The van der Waals surface area contributed by atoms with E-state index in [9.17, 15) is 9.59 Å². The van der Waals surface area contributed by atoms with Gasteiger partial charge in [0.2, 0.25) is 5.91 Å². The minimum Gasteiger partial charge on any atom is -0.352 e. The second-order valence-electron chi connectivity index (χ2n) is 6.48. The van der Waals surface area contributed by atoms with Gasteiger partial charge in [0, 0.05) is 13.1 Å². The molecule has 0 aromatic carbocycles. The lowest BCUT2D eigenvalue weighted by molar-refractivity contribution is -0.122. The van der Waals surface area contributed by atoms with Crippen LogP contribution in [-0.4, -0.2) is 31.3 Å². The molecule has 2 heterocycles. The average molecular weight is 319 g/mol. The molecule has 7 nitrogen and oxygen atoms in total. The lowest BCUT2D eigenvalue weighted by atomic mass is 10.0. The van der Waals surface area contributed by atoms with Crippen LogP contribution in [0.1, 0.15) is 40.0 Å². The summed E-state index contributed by atoms with van der Waals surface area (Å²) in [7, 11) is 1.73. The van der Waals surface area contributed by atoms with Gasteiger partial charge in [0.1, 0.15) is 18.3 Å². The number of amides is 1. The summed E-state index contributed by atoms with van der Waals surface area (Å²) in [6.07, 6.45) is 6.06. The Morgan fingerprint density at radius 2 is 2.04 bits per heavy atom. The molecule has 0 aliphatic rings. The molecule has 1 amide bonds. The summed E-state index contributed by atoms with van der Waals surface area (Å²) in [6.45, 7) is 6.35. The van der Waals surface area contributed by atoms with Crippen molar-refractivity contribution in [2.24, 2.45) is 13.0 Å². The van der Waals surface area contributed by atoms with E-state index in [1.807, 2.05) is 6.92 Å². The van der Waals surface area contributed by atoms with Crippen LogP contribution in [0.4, 0.5) is 0 Å². The molecule has 2 aromatic heterocycles. The third-order valence-corrected chi connectivity index (χ3v) is 3.86. The number of fused-ring (bicyclic) bond motifs is 1. The highest BCUT2D eigenvalue weighted by atomic mass is 16.2. The molecule has 0 radical (unpaired) electrons. The molecule has 0 aliphatic carbocycles. The lowest BCUT2D eigenvalue weighted by Crippen LogP contribution is -2.37. The molecule has 2 rings (SSSR count). The molecule has 0 spiro atoms. The van der Waals surface area contributed by atoms with E-state index in [0.717, 1.165) is 19.3 Å². The highest BCUT2D eigenvalue weighted by Crippen LogP contribution is 2.08. The first kappa shape index (κ1) is 17.2. The van der Waals surface area contributed by atoms with E-state index < -0.39 is 0 Å². The van der Waals surface area contributed by atoms with Crippen LogP contribution in [0.3, 0.4) is 0 Å². The van der Waals surface area contributed by atoms with Crippen molar-refractivity contribution in [1.29, 1.82) is 0 Å². The molecule has 0 bridgehead atoms. The molecule has 0 saturated carbocycles. The molecule has 0 aliphatic heterocycles. The van der Waals surface area contributed by atoms with E-state index in [4.69, 9.17) is 0 Å². The van der Waals surface area contributed by atoms with E-state index in [2.05, 4.69) is 29.2 Å². The maximum absolute atomic E-state index is 12.3. The molecular weight excluding hydrogens is 294 g/mol. The van der Waals surface area contributed by atoms with Crippen molar-refractivity contribution >= 4 is 16.9 Å². The lowest BCUT2D eigenvalue weighted by Gasteiger charge is -2.15. The van der Waals surface area contributed by atoms with Gasteiger partial charge in [-0.1, -0.05) is 26.7 Å². The van der Waals surface area contributed by atoms with Crippen molar-refractivity contribution in [1.82, 2.24) is 24.6 Å². The van der Waals surface area contributed by atoms with Crippen molar-refractivity contribution in [3.05, 3.63) is 22.9 Å². The Kier molecular flexibility index (Phi) is 5.52. The molecule has 1 atom stereocenters. The van der Waals surface area contributed by atoms with Crippen molar-refractivity contribution in [3.8, 4) is 0 Å². The number of nitrogens with one attached hydrogen (secondary N) is 1. The Hall–Kier alpha value is -2.18. The molecule has 0 fully saturated rings. The first-order chi connectivity index (χ1) is 10.9. The van der Waals surface area contributed by atoms with Gasteiger partial charge in [-0.05, 0) is 19.3 Å². The maximum atomic E-state index is 12.3. The van der Waals surface area contributed by atoms with Crippen LogP contribution in [0, 0.1) is 5.92 Å². The molecule has 7 heteroatoms. The van der Waals surface area contributed by atoms with Crippen LogP contribution < -0.4 is 10.9 Å². The van der Waals surface area contributed by atoms with Gasteiger partial charge in [-0.25, -0.2) is 4.98 Å². The number of nitrogens with zero attached hydrogens (tertiary/aromatic N) is 4. The SMILES string of the molecule is CC(C)CCCC(C)NC(=O)Cn1cnc2c(cnn2C)c1=O. The van der Waals surface area contributed by atoms with Gasteiger partial charge in [0.15, 0.2) is 5.65 Å². The zero-order valence-corrected chi connectivity index (χ0v) is 14.2. The Morgan fingerprint density at radius 3 is 2.74 bits per heavy atom. The summed E-state index contributed by atoms with van der Waals surface area (Å²) in [5.41, 5.74) is 0.277. The summed E-state index contributed by atoms with van der Waals surface area (Å²) >= 11 is 0. The second-order valence-corrected chi connectivity index (χ2v) is 6.48. The second kappa shape index (κ2) is 7.39. The molecule has 23 heavy (non-hydrogen) atoms. The van der Waals surface area contributed by atoms with Gasteiger partial charge in [0.25, 0.3) is 5.56 Å². The summed E-state index contributed by atoms with van der Waals surface area (Å²) in [5, 5.41) is 7.37. The number of hydrogen-bond acceptors (Lipinski definition) is 4. The molecular formula is C16H25N5O2. The van der Waals surface area contributed by atoms with Crippen LogP contribution in [0.25, 0.3) is 11.0 Å². The Morgan fingerprint density at radius 1 is 1.30 bits per heavy atom. The summed E-state index contributed by atoms with van der Waals surface area (Å²) < 4.78 is 2.86. The molecule has 1 unspecified atom stereocenters. The highest BCUT2D eigenvalue weighted by molar-refractivity contribution is 5.77. The Bertz CT molecular complexity index is 732. The molecule has 2 aromatic rings. The van der Waals surface area contributed by atoms with Crippen LogP contribution in [-0.2, 0) is 18.4 Å². The Balaban J connectivity index is 1.95. The first-order valence-electron chi connectivity index (χ1n) is 8.05. The fourth-order valence-corrected chi connectivity index (χ4v) is 2.56. The zero-order valence-electron chi connectivity index (χ0n) is 14.2. The fraction of sp³-hybridized carbons (Fsp3) is 0.625. The van der Waals surface area contributed by atoms with Gasteiger partial charge in [-0.3, -0.25) is 18.8 Å². The quantitative estimate of drug-likeness (QED) is 0.837. The van der Waals surface area contributed by atoms with E-state index >= 15 is 0 Å². The summed E-state index contributed by atoms with van der Waals surface area (Å²) in [6, 6.07) is 0.104. The standard InChI is InChI=1S/C16H25N5O2/c1-11(2)6-5-7-12(3)19-14(22)9-21-10-17-15-13(16(21)23)8-18-20(15)4/h8,10-12H,5-7,9H2,1-4H3,(H,19,22). The first-order valence-corrected chi connectivity index (χ1v) is 8.05. The van der Waals surface area contributed by atoms with Crippen LogP contribution >= 0.6 is 0 Å². The van der Waals surface area contributed by atoms with Crippen LogP contribution in [0.5, 0.6) is 0 Å². The van der Waals surface area contributed by atoms with Crippen molar-refractivity contribution in [3.63, 3.8) is 0 Å². The predicted molar refractivity (Wildman–Crippen MR) is 89.1 cm³/mol. The fourth-order valence-electron chi connectivity index (χ4n) is 2.56. The van der Waals surface area contributed by atoms with E-state index in [-0.39, 0.29) is 24.1 Å². The van der Waals surface area contributed by atoms with Gasteiger partial charge < -0.3 is 5.32 Å². The van der Waals surface area contributed by atoms with E-state index in [1.165, 1.54) is 21.8 Å². The van der Waals surface area contributed by atoms with E-state index in [0.29, 0.717) is 17.0 Å². The average Bonchev–Trinajstić information content (AvgIpc) is 2.83. The monoisotopic (exact) mass is 319 g/mol. The zero-order chi connectivity index (χ0) is 17.0. The Labute approximate surface area is 135 Å². The van der Waals surface area contributed by atoms with Crippen molar-refractivity contribution in [2.45, 2.75) is 52.6 Å². The minimum absolute atomic E-state index is 0.0226. The number of carbonyl (C=O) groups is 1. The normalized spacial score (nSPS) is 12.7. The third kappa shape index (κ3) is 4.40. The summed E-state index contributed by atoms with van der Waals surface area (Å²) in [5.74, 6) is 0.503. The summed E-state index contributed by atoms with van der Waals surface area (Å²) in [4.78, 5) is 28.6. The van der Waals surface area contributed by atoms with Crippen molar-refractivity contribution in [2.75, 3.05) is 0 Å².